The van der Waals surface area contributed by atoms with Crippen molar-refractivity contribution in [2.45, 2.75) is 70.9 Å². The zero-order valence-electron chi connectivity index (χ0n) is 26.4. The minimum absolute atomic E-state index is 0.0397. The van der Waals surface area contributed by atoms with Gasteiger partial charge in [0, 0.05) is 61.2 Å². The van der Waals surface area contributed by atoms with Crippen LogP contribution >= 0.6 is 9.24 Å². The lowest BCUT2D eigenvalue weighted by atomic mass is 9.86. The molecule has 2 N–H and O–H groups in total. The fourth-order valence-electron chi connectivity index (χ4n) is 5.53. The molecule has 11 heteroatoms. The average molecular weight is 630 g/mol. The van der Waals surface area contributed by atoms with Crippen molar-refractivity contribution in [3.05, 3.63) is 57.6 Å². The summed E-state index contributed by atoms with van der Waals surface area (Å²) in [5, 5.41) is 14.8. The lowest BCUT2D eigenvalue weighted by Crippen LogP contribution is -2.37. The summed E-state index contributed by atoms with van der Waals surface area (Å²) in [7, 11) is 5.70. The highest BCUT2D eigenvalue weighted by Gasteiger charge is 2.35. The van der Waals surface area contributed by atoms with Crippen LogP contribution in [0.5, 0.6) is 0 Å². The molecule has 3 rings (SSSR count). The SMILES string of the molecule is CCCC(COCNC(=O)CCCP)c1c2c(nc3cc(F)c(C)cc13)/C=C/C([C@](O)(C=O)CC)=C(/COC)C(=O)N(C)C2. The van der Waals surface area contributed by atoms with Crippen LogP contribution in [-0.2, 0) is 30.4 Å². The van der Waals surface area contributed by atoms with Gasteiger partial charge in [0.1, 0.15) is 18.1 Å². The minimum Gasteiger partial charge on any atom is -0.380 e. The monoisotopic (exact) mass is 629 g/mol. The van der Waals surface area contributed by atoms with Gasteiger partial charge in [-0.3, -0.25) is 14.4 Å². The van der Waals surface area contributed by atoms with Crippen molar-refractivity contribution in [2.75, 3.05) is 40.3 Å². The van der Waals surface area contributed by atoms with E-state index in [0.29, 0.717) is 29.5 Å². The number of halogens is 1. The molecule has 44 heavy (non-hydrogen) atoms. The van der Waals surface area contributed by atoms with Crippen LogP contribution < -0.4 is 5.32 Å². The predicted octanol–water partition coefficient (Wildman–Crippen LogP) is 4.58. The zero-order valence-corrected chi connectivity index (χ0v) is 27.5. The number of aliphatic hydroxyl groups is 1. The van der Waals surface area contributed by atoms with Gasteiger partial charge >= 0.3 is 0 Å². The molecule has 1 aromatic heterocycles. The van der Waals surface area contributed by atoms with Crippen LogP contribution in [0.4, 0.5) is 4.39 Å². The van der Waals surface area contributed by atoms with Gasteiger partial charge in [-0.2, -0.15) is 0 Å². The van der Waals surface area contributed by atoms with E-state index in [1.54, 1.807) is 39.1 Å². The fourth-order valence-corrected chi connectivity index (χ4v) is 5.74. The Hall–Kier alpha value is -3.04. The molecule has 3 atom stereocenters. The summed E-state index contributed by atoms with van der Waals surface area (Å²) in [6.07, 6.45) is 7.27. The minimum atomic E-state index is -1.92. The second-order valence-corrected chi connectivity index (χ2v) is 11.8. The number of nitrogens with zero attached hydrogens (tertiary/aromatic N) is 2. The van der Waals surface area contributed by atoms with Gasteiger partial charge in [-0.25, -0.2) is 9.37 Å². The molecule has 9 nitrogen and oxygen atoms in total. The number of benzene rings is 1. The first-order valence-electron chi connectivity index (χ1n) is 15.1. The molecule has 2 heterocycles. The molecule has 0 saturated heterocycles. The lowest BCUT2D eigenvalue weighted by molar-refractivity contribution is -0.127. The van der Waals surface area contributed by atoms with E-state index in [-0.39, 0.29) is 55.9 Å². The van der Waals surface area contributed by atoms with Crippen molar-refractivity contribution in [3.8, 4) is 0 Å². The van der Waals surface area contributed by atoms with Crippen LogP contribution in [0.25, 0.3) is 17.0 Å². The molecule has 0 aliphatic carbocycles. The van der Waals surface area contributed by atoms with Crippen molar-refractivity contribution in [1.29, 1.82) is 0 Å². The molecular formula is C33H45FN3O6P. The van der Waals surface area contributed by atoms with E-state index in [4.69, 9.17) is 14.5 Å². The Kier molecular flexibility index (Phi) is 13.1. The summed E-state index contributed by atoms with van der Waals surface area (Å²) in [6.45, 7) is 5.80. The van der Waals surface area contributed by atoms with E-state index < -0.39 is 17.3 Å². The van der Waals surface area contributed by atoms with Crippen LogP contribution in [0.3, 0.4) is 0 Å². The number of nitrogens with one attached hydrogen (secondary N) is 1. The Morgan fingerprint density at radius 3 is 2.70 bits per heavy atom. The van der Waals surface area contributed by atoms with Crippen molar-refractivity contribution < 1.29 is 33.4 Å². The number of pyridine rings is 1. The number of ether oxygens (including phenoxy) is 2. The van der Waals surface area contributed by atoms with Gasteiger partial charge in [-0.1, -0.05) is 26.3 Å². The number of amides is 2. The van der Waals surface area contributed by atoms with E-state index in [9.17, 15) is 23.9 Å². The number of aldehydes is 1. The number of methoxy groups -OCH3 is 1. The first-order chi connectivity index (χ1) is 21.0. The number of carbonyl (C=O) groups is 3. The van der Waals surface area contributed by atoms with Gasteiger partial charge in [0.2, 0.25) is 5.91 Å². The Labute approximate surface area is 261 Å². The topological polar surface area (TPSA) is 118 Å². The number of carbonyl (C=O) groups excluding carboxylic acids is 3. The second kappa shape index (κ2) is 16.3. The summed E-state index contributed by atoms with van der Waals surface area (Å²) in [4.78, 5) is 44.4. The molecule has 0 bridgehead atoms. The molecule has 1 aliphatic rings. The van der Waals surface area contributed by atoms with Gasteiger partial charge in [0.25, 0.3) is 5.91 Å². The maximum atomic E-state index is 14.9. The summed E-state index contributed by atoms with van der Waals surface area (Å²) in [5.74, 6) is -1.04. The smallest absolute Gasteiger partial charge is 0.252 e. The first-order valence-corrected chi connectivity index (χ1v) is 15.9. The number of aryl methyl sites for hydroxylation is 1. The standard InChI is InChI=1S/C33H45FN3O6P/c1-6-9-22(17-43-20-35-30(39)10-8-13-44)31-23-14-21(3)27(34)15-29(23)36-28-12-11-26(33(41,7-2)19-38)25(18-42-5)32(40)37(4)16-24(28)31/h11-12,14-15,19,22,41H,6-10,13,16-18,20,44H2,1-5H3,(H,35,39)/b12-11+,26-25+/t22?,33-/m1/s1. The molecule has 2 aromatic rings. The highest BCUT2D eigenvalue weighted by molar-refractivity contribution is 7.16. The van der Waals surface area contributed by atoms with Gasteiger partial charge in [-0.05, 0) is 55.6 Å². The van der Waals surface area contributed by atoms with Gasteiger partial charge in [0.05, 0.1) is 24.4 Å². The van der Waals surface area contributed by atoms with Crippen molar-refractivity contribution in [1.82, 2.24) is 15.2 Å². The van der Waals surface area contributed by atoms with Gasteiger partial charge in [0.15, 0.2) is 6.29 Å². The molecule has 0 radical (unpaired) electrons. The second-order valence-electron chi connectivity index (χ2n) is 11.2. The van der Waals surface area contributed by atoms with E-state index in [2.05, 4.69) is 21.5 Å². The highest BCUT2D eigenvalue weighted by atomic mass is 31.0. The summed E-state index contributed by atoms with van der Waals surface area (Å²) in [6, 6.07) is 3.18. The maximum Gasteiger partial charge on any atom is 0.252 e. The highest BCUT2D eigenvalue weighted by Crippen LogP contribution is 2.37. The Morgan fingerprint density at radius 1 is 1.32 bits per heavy atom. The van der Waals surface area contributed by atoms with Crippen LogP contribution in [0, 0.1) is 12.7 Å². The Balaban J connectivity index is 2.23. The molecule has 0 spiro atoms. The largest absolute Gasteiger partial charge is 0.380 e. The van der Waals surface area contributed by atoms with E-state index in [0.717, 1.165) is 41.9 Å². The normalized spacial score (nSPS) is 18.2. The third-order valence-electron chi connectivity index (χ3n) is 8.01. The summed E-state index contributed by atoms with van der Waals surface area (Å²) >= 11 is 0. The molecule has 0 saturated carbocycles. The quantitative estimate of drug-likeness (QED) is 0.128. The molecule has 0 fully saturated rings. The van der Waals surface area contributed by atoms with E-state index in [1.165, 1.54) is 18.1 Å². The first kappa shape index (κ1) is 35.4. The van der Waals surface area contributed by atoms with Crippen LogP contribution in [-0.4, -0.2) is 79.0 Å². The van der Waals surface area contributed by atoms with Gasteiger partial charge < -0.3 is 24.8 Å². The number of fused-ring (bicyclic) bond motifs is 2. The Bertz CT molecular complexity index is 1430. The van der Waals surface area contributed by atoms with E-state index >= 15 is 0 Å². The molecule has 2 amide bonds. The molecule has 1 aromatic carbocycles. The lowest BCUT2D eigenvalue weighted by Gasteiger charge is -2.28. The number of rotatable bonds is 15. The predicted molar refractivity (Wildman–Crippen MR) is 173 cm³/mol. The maximum absolute atomic E-state index is 14.9. The van der Waals surface area contributed by atoms with Gasteiger partial charge in [-0.15, -0.1) is 9.24 Å². The molecule has 240 valence electrons. The van der Waals surface area contributed by atoms with Crippen molar-refractivity contribution in [3.63, 3.8) is 0 Å². The number of hydrogen-bond acceptors (Lipinski definition) is 7. The van der Waals surface area contributed by atoms with Crippen LogP contribution in [0.15, 0.2) is 29.4 Å². The fraction of sp³-hybridized carbons (Fsp3) is 0.515. The Morgan fingerprint density at radius 2 is 2.07 bits per heavy atom. The molecule has 2 unspecified atom stereocenters. The summed E-state index contributed by atoms with van der Waals surface area (Å²) < 4.78 is 26.2. The third-order valence-corrected chi connectivity index (χ3v) is 8.42. The van der Waals surface area contributed by atoms with Crippen molar-refractivity contribution in [2.24, 2.45) is 0 Å². The molecule has 1 aliphatic heterocycles. The van der Waals surface area contributed by atoms with Crippen molar-refractivity contribution >= 4 is 44.3 Å². The third kappa shape index (κ3) is 8.16. The number of aromatic nitrogens is 1. The average Bonchev–Trinajstić information content (AvgIpc) is 3.05. The summed E-state index contributed by atoms with van der Waals surface area (Å²) in [5.41, 5.74) is 1.40. The van der Waals surface area contributed by atoms with Crippen LogP contribution in [0.1, 0.15) is 74.3 Å². The molecular weight excluding hydrogens is 584 g/mol. The zero-order chi connectivity index (χ0) is 32.4. The number of hydrogen-bond donors (Lipinski definition) is 2. The van der Waals surface area contributed by atoms with E-state index in [1.807, 2.05) is 0 Å². The number of likely N-dealkylation sites (N-methyl/N-ethyl adjacent to an activating group) is 1. The van der Waals surface area contributed by atoms with Crippen LogP contribution in [0.2, 0.25) is 0 Å².